The number of aryl methyl sites for hydroxylation is 1. The van der Waals surface area contributed by atoms with Crippen molar-refractivity contribution in [2.45, 2.75) is 49.2 Å². The lowest BCUT2D eigenvalue weighted by Crippen LogP contribution is -2.45. The van der Waals surface area contributed by atoms with Gasteiger partial charge in [0.15, 0.2) is 0 Å². The number of ether oxygens (including phenoxy) is 2. The predicted molar refractivity (Wildman–Crippen MR) is 121 cm³/mol. The van der Waals surface area contributed by atoms with E-state index < -0.39 is 28.7 Å². The normalized spacial score (nSPS) is 19.4. The largest absolute Gasteiger partial charge is 0.504 e. The Balaban J connectivity index is 1.65. The molecule has 2 aliphatic heterocycles. The van der Waals surface area contributed by atoms with E-state index in [4.69, 9.17) is 16.0 Å². The third kappa shape index (κ3) is 5.31. The van der Waals surface area contributed by atoms with E-state index >= 15 is 0 Å². The maximum Gasteiger partial charge on any atom is 0.391 e. The van der Waals surface area contributed by atoms with Crippen molar-refractivity contribution in [3.63, 3.8) is 0 Å². The van der Waals surface area contributed by atoms with Gasteiger partial charge in [-0.25, -0.2) is 13.3 Å². The summed E-state index contributed by atoms with van der Waals surface area (Å²) in [6.07, 6.45) is -3.67. The van der Waals surface area contributed by atoms with Crippen LogP contribution in [0.15, 0.2) is 47.4 Å². The van der Waals surface area contributed by atoms with Gasteiger partial charge >= 0.3 is 6.18 Å². The summed E-state index contributed by atoms with van der Waals surface area (Å²) < 4.78 is 79.2. The van der Waals surface area contributed by atoms with Gasteiger partial charge < -0.3 is 9.47 Å². The molecule has 1 fully saturated rings. The number of sulfonamides is 1. The van der Waals surface area contributed by atoms with Crippen molar-refractivity contribution in [3.05, 3.63) is 59.4 Å². The molecule has 6 nitrogen and oxygen atoms in total. The fourth-order valence-electron chi connectivity index (χ4n) is 4.45. The third-order valence-corrected chi connectivity index (χ3v) is 8.06. The van der Waals surface area contributed by atoms with Gasteiger partial charge in [-0.05, 0) is 61.4 Å². The van der Waals surface area contributed by atoms with Crippen molar-refractivity contribution in [2.75, 3.05) is 24.1 Å². The van der Waals surface area contributed by atoms with E-state index in [1.807, 2.05) is 0 Å². The Morgan fingerprint density at radius 1 is 1.12 bits per heavy atom. The summed E-state index contributed by atoms with van der Waals surface area (Å²) in [6, 6.07) is 9.21. The summed E-state index contributed by atoms with van der Waals surface area (Å²) in [5, 5.41) is 0. The number of fused-ring (bicyclic) bond motifs is 1. The lowest BCUT2D eigenvalue weighted by Gasteiger charge is -2.38. The van der Waals surface area contributed by atoms with Crippen molar-refractivity contribution in [2.24, 2.45) is 5.92 Å². The minimum absolute atomic E-state index is 0.00537. The fraction of sp³-hybridized carbons (Fsp3) is 0.458. The molecule has 2 aromatic rings. The topological polar surface area (TPSA) is 60.2 Å². The molecule has 182 valence electrons. The van der Waals surface area contributed by atoms with Gasteiger partial charge in [0.25, 0.3) is 10.0 Å². The molecule has 2 aliphatic rings. The van der Waals surface area contributed by atoms with E-state index in [0.717, 1.165) is 17.1 Å². The Morgan fingerprint density at radius 2 is 1.85 bits per heavy atom. The molecule has 0 aromatic heterocycles. The van der Waals surface area contributed by atoms with Crippen molar-refractivity contribution >= 4 is 21.4 Å². The number of benzene rings is 2. The predicted octanol–water partition coefficient (Wildman–Crippen LogP) is 5.51. The van der Waals surface area contributed by atoms with Crippen LogP contribution in [-0.2, 0) is 21.2 Å². The number of para-hydroxylation sites is 1. The molecule has 10 heteroatoms. The molecule has 0 amide bonds. The van der Waals surface area contributed by atoms with Gasteiger partial charge in [0, 0.05) is 13.2 Å². The SMILES string of the molecule is [C-]#[N+]c1cc(S(=O)(=O)N2c3ccccc3CC[C@H]2CC(F)(F)F)ccc1OCC1CCOCC1. The maximum absolute atomic E-state index is 13.6. The highest BCUT2D eigenvalue weighted by molar-refractivity contribution is 7.92. The second kappa shape index (κ2) is 9.84. The van der Waals surface area contributed by atoms with Crippen LogP contribution >= 0.6 is 0 Å². The van der Waals surface area contributed by atoms with E-state index in [-0.39, 0.29) is 34.4 Å². The van der Waals surface area contributed by atoms with Gasteiger partial charge in [0.1, 0.15) is 5.75 Å². The van der Waals surface area contributed by atoms with Crippen LogP contribution in [0.3, 0.4) is 0 Å². The standard InChI is InChI=1S/C24H25F3N2O4S/c1-28-21-14-20(8-9-23(21)33-16-17-10-12-32-13-11-17)34(30,31)29-19(15-24(25,26)27)7-6-18-4-2-3-5-22(18)29/h2-5,8-9,14,17,19H,6-7,10-13,15-16H2/t19-/m0/s1. The molecular weight excluding hydrogens is 469 g/mol. The van der Waals surface area contributed by atoms with E-state index in [9.17, 15) is 21.6 Å². The molecule has 0 unspecified atom stereocenters. The summed E-state index contributed by atoms with van der Waals surface area (Å²) in [5.74, 6) is 0.537. The highest BCUT2D eigenvalue weighted by Crippen LogP contribution is 2.40. The number of rotatable bonds is 6. The molecule has 0 aliphatic carbocycles. The average Bonchev–Trinajstić information content (AvgIpc) is 2.82. The van der Waals surface area contributed by atoms with Crippen LogP contribution in [0.1, 0.15) is 31.2 Å². The molecule has 1 saturated heterocycles. The van der Waals surface area contributed by atoms with Crippen molar-refractivity contribution in [3.8, 4) is 5.75 Å². The molecule has 2 heterocycles. The molecule has 0 bridgehead atoms. The van der Waals surface area contributed by atoms with E-state index in [1.165, 1.54) is 24.3 Å². The fourth-order valence-corrected chi connectivity index (χ4v) is 6.19. The molecule has 0 spiro atoms. The number of halogens is 3. The zero-order chi connectivity index (χ0) is 24.3. The van der Waals surface area contributed by atoms with Crippen LogP contribution in [-0.4, -0.2) is 40.5 Å². The van der Waals surface area contributed by atoms with E-state index in [2.05, 4.69) is 4.85 Å². The second-order valence-electron chi connectivity index (χ2n) is 8.55. The third-order valence-electron chi connectivity index (χ3n) is 6.20. The average molecular weight is 495 g/mol. The molecule has 2 aromatic carbocycles. The Kier molecular flexibility index (Phi) is 7.05. The van der Waals surface area contributed by atoms with Gasteiger partial charge in [-0.1, -0.05) is 18.2 Å². The summed E-state index contributed by atoms with van der Waals surface area (Å²) in [7, 11) is -4.36. The first-order chi connectivity index (χ1) is 16.2. The van der Waals surface area contributed by atoms with Crippen molar-refractivity contribution < 1.29 is 31.1 Å². The summed E-state index contributed by atoms with van der Waals surface area (Å²) in [5.41, 5.74) is 0.921. The molecule has 0 saturated carbocycles. The smallest absolute Gasteiger partial charge is 0.391 e. The van der Waals surface area contributed by atoms with Gasteiger partial charge in [-0.15, -0.1) is 0 Å². The monoisotopic (exact) mass is 494 g/mol. The molecule has 0 radical (unpaired) electrons. The first-order valence-electron chi connectivity index (χ1n) is 11.1. The number of nitrogens with zero attached hydrogens (tertiary/aromatic N) is 2. The minimum atomic E-state index is -4.52. The molecule has 0 N–H and O–H groups in total. The first-order valence-corrected chi connectivity index (χ1v) is 12.5. The Morgan fingerprint density at radius 3 is 2.56 bits per heavy atom. The van der Waals surface area contributed by atoms with Gasteiger partial charge in [-0.3, -0.25) is 4.31 Å². The quantitative estimate of drug-likeness (QED) is 0.497. The molecule has 4 rings (SSSR count). The minimum Gasteiger partial charge on any atom is -0.504 e. The van der Waals surface area contributed by atoms with Crippen molar-refractivity contribution in [1.82, 2.24) is 0 Å². The van der Waals surface area contributed by atoms with Crippen LogP contribution < -0.4 is 9.04 Å². The van der Waals surface area contributed by atoms with E-state index in [1.54, 1.807) is 18.2 Å². The van der Waals surface area contributed by atoms with Gasteiger partial charge in [0.05, 0.1) is 36.2 Å². The van der Waals surface area contributed by atoms with Crippen LogP contribution in [0.25, 0.3) is 4.85 Å². The highest BCUT2D eigenvalue weighted by atomic mass is 32.2. The summed E-state index contributed by atoms with van der Waals surface area (Å²) in [6.45, 7) is 9.18. The summed E-state index contributed by atoms with van der Waals surface area (Å²) >= 11 is 0. The number of anilines is 1. The zero-order valence-corrected chi connectivity index (χ0v) is 19.2. The lowest BCUT2D eigenvalue weighted by atomic mass is 9.96. The Hall–Kier alpha value is -2.77. The lowest BCUT2D eigenvalue weighted by molar-refractivity contribution is -0.138. The maximum atomic E-state index is 13.6. The van der Waals surface area contributed by atoms with Crippen LogP contribution in [0.2, 0.25) is 0 Å². The second-order valence-corrected chi connectivity index (χ2v) is 10.4. The Labute approximate surface area is 197 Å². The van der Waals surface area contributed by atoms with Crippen LogP contribution in [0.5, 0.6) is 5.75 Å². The van der Waals surface area contributed by atoms with Gasteiger partial charge in [-0.2, -0.15) is 13.2 Å². The zero-order valence-electron chi connectivity index (χ0n) is 18.4. The molecule has 1 atom stereocenters. The van der Waals surface area contributed by atoms with E-state index in [0.29, 0.717) is 31.8 Å². The summed E-state index contributed by atoms with van der Waals surface area (Å²) in [4.78, 5) is 3.18. The van der Waals surface area contributed by atoms with Crippen molar-refractivity contribution in [1.29, 1.82) is 0 Å². The Bertz CT molecular complexity index is 1170. The molecular formula is C24H25F3N2O4S. The number of hydrogen-bond acceptors (Lipinski definition) is 4. The van der Waals surface area contributed by atoms with Crippen LogP contribution in [0, 0.1) is 12.5 Å². The number of hydrogen-bond donors (Lipinski definition) is 0. The first kappa shape index (κ1) is 24.4. The highest BCUT2D eigenvalue weighted by Gasteiger charge is 2.42. The van der Waals surface area contributed by atoms with Gasteiger partial charge in [0.2, 0.25) is 5.69 Å². The van der Waals surface area contributed by atoms with Crippen LogP contribution in [0.4, 0.5) is 24.5 Å². The number of alkyl halides is 3. The molecule has 34 heavy (non-hydrogen) atoms.